The third-order valence-electron chi connectivity index (χ3n) is 2.47. The van der Waals surface area contributed by atoms with E-state index in [0.29, 0.717) is 12.1 Å². The predicted octanol–water partition coefficient (Wildman–Crippen LogP) is 2.02. The minimum absolute atomic E-state index is 0.109. The molecule has 0 bridgehead atoms. The third-order valence-corrected chi connectivity index (χ3v) is 3.38. The molecule has 0 aliphatic heterocycles. The van der Waals surface area contributed by atoms with Crippen LogP contribution in [0.2, 0.25) is 0 Å². The van der Waals surface area contributed by atoms with Crippen molar-refractivity contribution < 1.29 is 9.90 Å². The first-order chi connectivity index (χ1) is 8.65. The van der Waals surface area contributed by atoms with Crippen molar-refractivity contribution in [3.63, 3.8) is 0 Å². The van der Waals surface area contributed by atoms with Gasteiger partial charge in [0.25, 0.3) is 0 Å². The molecule has 0 spiro atoms. The van der Waals surface area contributed by atoms with Crippen LogP contribution in [-0.4, -0.2) is 16.0 Å². The van der Waals surface area contributed by atoms with E-state index in [4.69, 9.17) is 0 Å². The Hall–Kier alpha value is -1.88. The van der Waals surface area contributed by atoms with Crippen LogP contribution in [0.25, 0.3) is 0 Å². The van der Waals surface area contributed by atoms with E-state index in [1.807, 2.05) is 6.92 Å². The number of hydrogen-bond donors (Lipinski definition) is 2. The highest BCUT2D eigenvalue weighted by Gasteiger charge is 2.07. The largest absolute Gasteiger partial charge is 0.508 e. The molecule has 2 aromatic rings. The SMILES string of the molecule is Cc1ncc(CNC(=O)Cc2ccccc2O)s1. The molecule has 0 saturated carbocycles. The summed E-state index contributed by atoms with van der Waals surface area (Å²) in [6.45, 7) is 2.41. The Labute approximate surface area is 109 Å². The Morgan fingerprint density at radius 2 is 2.22 bits per heavy atom. The summed E-state index contributed by atoms with van der Waals surface area (Å²) in [5.41, 5.74) is 0.635. The normalized spacial score (nSPS) is 10.3. The number of nitrogens with zero attached hydrogens (tertiary/aromatic N) is 1. The zero-order chi connectivity index (χ0) is 13.0. The molecule has 94 valence electrons. The number of thiazole rings is 1. The van der Waals surface area contributed by atoms with Crippen LogP contribution in [0.3, 0.4) is 0 Å². The molecule has 1 heterocycles. The number of nitrogens with one attached hydrogen (secondary N) is 1. The van der Waals surface area contributed by atoms with E-state index in [1.54, 1.807) is 41.8 Å². The van der Waals surface area contributed by atoms with Crippen molar-refractivity contribution in [2.45, 2.75) is 19.9 Å². The van der Waals surface area contributed by atoms with Crippen molar-refractivity contribution >= 4 is 17.2 Å². The summed E-state index contributed by atoms with van der Waals surface area (Å²) in [6.07, 6.45) is 1.95. The number of benzene rings is 1. The molecule has 0 aliphatic carbocycles. The van der Waals surface area contributed by atoms with Crippen molar-refractivity contribution in [3.05, 3.63) is 45.9 Å². The van der Waals surface area contributed by atoms with E-state index in [0.717, 1.165) is 9.88 Å². The van der Waals surface area contributed by atoms with Gasteiger partial charge in [-0.05, 0) is 13.0 Å². The topological polar surface area (TPSA) is 62.2 Å². The number of phenols is 1. The van der Waals surface area contributed by atoms with Crippen LogP contribution < -0.4 is 5.32 Å². The average molecular weight is 262 g/mol. The van der Waals surface area contributed by atoms with Crippen LogP contribution in [0.4, 0.5) is 0 Å². The van der Waals surface area contributed by atoms with Gasteiger partial charge < -0.3 is 10.4 Å². The molecule has 0 aliphatic rings. The Morgan fingerprint density at radius 1 is 1.44 bits per heavy atom. The third kappa shape index (κ3) is 3.30. The van der Waals surface area contributed by atoms with Crippen LogP contribution in [0, 0.1) is 6.92 Å². The minimum Gasteiger partial charge on any atom is -0.508 e. The molecule has 2 rings (SSSR count). The number of aromatic nitrogens is 1. The summed E-state index contributed by atoms with van der Waals surface area (Å²) in [5, 5.41) is 13.4. The fourth-order valence-electron chi connectivity index (χ4n) is 1.57. The van der Waals surface area contributed by atoms with Crippen LogP contribution in [-0.2, 0) is 17.8 Å². The maximum atomic E-state index is 11.7. The fourth-order valence-corrected chi connectivity index (χ4v) is 2.30. The predicted molar refractivity (Wildman–Crippen MR) is 70.5 cm³/mol. The van der Waals surface area contributed by atoms with Gasteiger partial charge in [-0.25, -0.2) is 4.98 Å². The average Bonchev–Trinajstić information content (AvgIpc) is 2.76. The molecule has 0 saturated heterocycles. The molecule has 4 nitrogen and oxygen atoms in total. The number of carbonyl (C=O) groups excluding carboxylic acids is 1. The number of hydrogen-bond acceptors (Lipinski definition) is 4. The second kappa shape index (κ2) is 5.64. The van der Waals surface area contributed by atoms with Crippen molar-refractivity contribution in [2.24, 2.45) is 0 Å². The Bertz CT molecular complexity index is 551. The van der Waals surface area contributed by atoms with E-state index < -0.39 is 0 Å². The van der Waals surface area contributed by atoms with Crippen LogP contribution in [0.15, 0.2) is 30.5 Å². The maximum Gasteiger partial charge on any atom is 0.224 e. The first kappa shape index (κ1) is 12.6. The molecule has 5 heteroatoms. The molecule has 0 radical (unpaired) electrons. The number of para-hydroxylation sites is 1. The Balaban J connectivity index is 1.88. The van der Waals surface area contributed by atoms with Gasteiger partial charge in [-0.3, -0.25) is 4.79 Å². The standard InChI is InChI=1S/C13H14N2O2S/c1-9-14-7-11(18-9)8-15-13(17)6-10-4-2-3-5-12(10)16/h2-5,7,16H,6,8H2,1H3,(H,15,17). The molecule has 1 amide bonds. The van der Waals surface area contributed by atoms with E-state index >= 15 is 0 Å². The van der Waals surface area contributed by atoms with Gasteiger partial charge in [0, 0.05) is 16.6 Å². The number of aryl methyl sites for hydroxylation is 1. The van der Waals surface area contributed by atoms with Gasteiger partial charge in [0.2, 0.25) is 5.91 Å². The molecule has 0 atom stereocenters. The zero-order valence-electron chi connectivity index (χ0n) is 10.0. The van der Waals surface area contributed by atoms with Crippen LogP contribution in [0.1, 0.15) is 15.4 Å². The molecule has 2 N–H and O–H groups in total. The van der Waals surface area contributed by atoms with Gasteiger partial charge in [0.15, 0.2) is 0 Å². The highest BCUT2D eigenvalue weighted by atomic mass is 32.1. The van der Waals surface area contributed by atoms with Crippen molar-refractivity contribution in [2.75, 3.05) is 0 Å². The summed E-state index contributed by atoms with van der Waals surface area (Å²) < 4.78 is 0. The first-order valence-corrected chi connectivity index (χ1v) is 6.41. The van der Waals surface area contributed by atoms with Gasteiger partial charge in [0.05, 0.1) is 18.0 Å². The lowest BCUT2D eigenvalue weighted by Gasteiger charge is -2.05. The van der Waals surface area contributed by atoms with Crippen LogP contribution >= 0.6 is 11.3 Å². The molecule has 1 aromatic heterocycles. The van der Waals surface area contributed by atoms with Crippen molar-refractivity contribution in [1.82, 2.24) is 10.3 Å². The molecule has 0 fully saturated rings. The van der Waals surface area contributed by atoms with Crippen LogP contribution in [0.5, 0.6) is 5.75 Å². The van der Waals surface area contributed by atoms with Gasteiger partial charge in [-0.2, -0.15) is 0 Å². The molecule has 1 aromatic carbocycles. The molecule has 18 heavy (non-hydrogen) atoms. The number of rotatable bonds is 4. The van der Waals surface area contributed by atoms with E-state index in [1.165, 1.54) is 0 Å². The summed E-state index contributed by atoms with van der Waals surface area (Å²) in [7, 11) is 0. The van der Waals surface area contributed by atoms with E-state index in [9.17, 15) is 9.90 Å². The minimum atomic E-state index is -0.109. The monoisotopic (exact) mass is 262 g/mol. The number of amides is 1. The number of carbonyl (C=O) groups is 1. The summed E-state index contributed by atoms with van der Waals surface area (Å²) >= 11 is 1.56. The fraction of sp³-hybridized carbons (Fsp3) is 0.231. The molecule has 0 unspecified atom stereocenters. The Kier molecular flexibility index (Phi) is 3.94. The smallest absolute Gasteiger partial charge is 0.224 e. The van der Waals surface area contributed by atoms with Gasteiger partial charge in [0.1, 0.15) is 5.75 Å². The number of aromatic hydroxyl groups is 1. The molecular weight excluding hydrogens is 248 g/mol. The van der Waals surface area contributed by atoms with E-state index in [2.05, 4.69) is 10.3 Å². The lowest BCUT2D eigenvalue weighted by atomic mass is 10.1. The highest BCUT2D eigenvalue weighted by Crippen LogP contribution is 2.16. The van der Waals surface area contributed by atoms with Crippen molar-refractivity contribution in [3.8, 4) is 5.75 Å². The lowest BCUT2D eigenvalue weighted by Crippen LogP contribution is -2.24. The second-order valence-corrected chi connectivity index (χ2v) is 5.25. The van der Waals surface area contributed by atoms with Gasteiger partial charge >= 0.3 is 0 Å². The summed E-state index contributed by atoms with van der Waals surface area (Å²) in [6, 6.07) is 6.85. The zero-order valence-corrected chi connectivity index (χ0v) is 10.8. The van der Waals surface area contributed by atoms with Gasteiger partial charge in [-0.1, -0.05) is 18.2 Å². The summed E-state index contributed by atoms with van der Waals surface area (Å²) in [4.78, 5) is 16.9. The summed E-state index contributed by atoms with van der Waals surface area (Å²) in [5.74, 6) is 0.0452. The van der Waals surface area contributed by atoms with Gasteiger partial charge in [-0.15, -0.1) is 11.3 Å². The number of phenolic OH excluding ortho intramolecular Hbond substituents is 1. The molecular formula is C13H14N2O2S. The second-order valence-electron chi connectivity index (χ2n) is 3.93. The Morgan fingerprint density at radius 3 is 2.89 bits per heavy atom. The maximum absolute atomic E-state index is 11.7. The first-order valence-electron chi connectivity index (χ1n) is 5.60. The lowest BCUT2D eigenvalue weighted by molar-refractivity contribution is -0.120. The van der Waals surface area contributed by atoms with Crippen molar-refractivity contribution in [1.29, 1.82) is 0 Å². The van der Waals surface area contributed by atoms with E-state index in [-0.39, 0.29) is 18.1 Å². The quantitative estimate of drug-likeness (QED) is 0.886. The highest BCUT2D eigenvalue weighted by molar-refractivity contribution is 7.11.